The summed E-state index contributed by atoms with van der Waals surface area (Å²) in [5, 5.41) is 6.81. The lowest BCUT2D eigenvalue weighted by molar-refractivity contribution is -0.118. The quantitative estimate of drug-likeness (QED) is 0.592. The molecule has 0 aliphatic carbocycles. The lowest BCUT2D eigenvalue weighted by atomic mass is 10.1. The molecule has 1 aromatic heterocycles. The number of hydrogen-bond acceptors (Lipinski definition) is 6. The van der Waals surface area contributed by atoms with Gasteiger partial charge in [0.15, 0.2) is 12.2 Å². The summed E-state index contributed by atoms with van der Waals surface area (Å²) in [5.41, 5.74) is 0.239. The van der Waals surface area contributed by atoms with Crippen molar-refractivity contribution in [3.05, 3.63) is 64.1 Å². The molecular weight excluding hydrogens is 407 g/mol. The molecule has 28 heavy (non-hydrogen) atoms. The van der Waals surface area contributed by atoms with E-state index in [1.54, 1.807) is 42.5 Å². The summed E-state index contributed by atoms with van der Waals surface area (Å²) in [5.74, 6) is -1.00. The summed E-state index contributed by atoms with van der Waals surface area (Å²) >= 11 is 12.4. The zero-order valence-electron chi connectivity index (χ0n) is 14.6. The number of nitrogens with one attached hydrogen (secondary N) is 1. The van der Waals surface area contributed by atoms with Gasteiger partial charge in [0.25, 0.3) is 5.91 Å². The van der Waals surface area contributed by atoms with Crippen molar-refractivity contribution in [1.29, 1.82) is 0 Å². The third kappa shape index (κ3) is 4.27. The van der Waals surface area contributed by atoms with E-state index in [4.69, 9.17) is 37.2 Å². The van der Waals surface area contributed by atoms with Gasteiger partial charge in [-0.15, -0.1) is 0 Å². The lowest BCUT2D eigenvalue weighted by Gasteiger charge is -2.07. The second-order valence-electron chi connectivity index (χ2n) is 5.47. The monoisotopic (exact) mass is 420 g/mol. The molecule has 1 N–H and O–H groups in total. The summed E-state index contributed by atoms with van der Waals surface area (Å²) in [6, 6.07) is 13.6. The van der Waals surface area contributed by atoms with Gasteiger partial charge in [0, 0.05) is 5.56 Å². The molecule has 0 bridgehead atoms. The van der Waals surface area contributed by atoms with Crippen LogP contribution >= 0.6 is 23.2 Å². The molecule has 0 unspecified atom stereocenters. The topological polar surface area (TPSA) is 90.7 Å². The van der Waals surface area contributed by atoms with Gasteiger partial charge >= 0.3 is 5.97 Å². The number of rotatable bonds is 6. The highest BCUT2D eigenvalue weighted by molar-refractivity contribution is 6.39. The van der Waals surface area contributed by atoms with Gasteiger partial charge in [-0.3, -0.25) is 10.1 Å². The van der Waals surface area contributed by atoms with Crippen LogP contribution in [0.4, 0.5) is 5.88 Å². The van der Waals surface area contributed by atoms with E-state index in [2.05, 4.69) is 10.5 Å². The number of halogens is 2. The Morgan fingerprint density at radius 1 is 1.07 bits per heavy atom. The van der Waals surface area contributed by atoms with Crippen LogP contribution < -0.4 is 10.1 Å². The molecule has 1 amide bonds. The Morgan fingerprint density at radius 2 is 1.75 bits per heavy atom. The maximum absolute atomic E-state index is 12.3. The summed E-state index contributed by atoms with van der Waals surface area (Å²) < 4.78 is 15.3. The highest BCUT2D eigenvalue weighted by Gasteiger charge is 2.28. The molecule has 3 aromatic rings. The predicted octanol–water partition coefficient (Wildman–Crippen LogP) is 4.45. The molecule has 0 fully saturated rings. The van der Waals surface area contributed by atoms with E-state index in [1.807, 2.05) is 6.07 Å². The number of benzene rings is 2. The first kappa shape index (κ1) is 19.7. The van der Waals surface area contributed by atoms with Crippen LogP contribution in [0, 0.1) is 0 Å². The van der Waals surface area contributed by atoms with E-state index in [-0.39, 0.29) is 39.4 Å². The summed E-state index contributed by atoms with van der Waals surface area (Å²) in [7, 11) is 1.19. The molecule has 0 saturated carbocycles. The Labute approximate surface area is 170 Å². The van der Waals surface area contributed by atoms with Crippen molar-refractivity contribution in [2.24, 2.45) is 0 Å². The Kier molecular flexibility index (Phi) is 6.18. The molecule has 9 heteroatoms. The zero-order chi connectivity index (χ0) is 20.1. The summed E-state index contributed by atoms with van der Waals surface area (Å²) in [4.78, 5) is 24.5. The second-order valence-corrected chi connectivity index (χ2v) is 6.29. The van der Waals surface area contributed by atoms with Crippen LogP contribution in [0.15, 0.2) is 53.1 Å². The fourth-order valence-corrected chi connectivity index (χ4v) is 2.97. The Hall–Kier alpha value is -3.03. The predicted molar refractivity (Wildman–Crippen MR) is 104 cm³/mol. The minimum atomic E-state index is -0.772. The standard InChI is InChI=1S/C19H14Cl2N2O5/c1-26-19(25)16-17(15-12(20)8-5-9-13(15)21)23-28-18(16)22-14(24)10-27-11-6-3-2-4-7-11/h2-9H,10H2,1H3,(H,22,24). The number of amides is 1. The molecule has 0 aliphatic rings. The Morgan fingerprint density at radius 3 is 2.39 bits per heavy atom. The molecule has 0 saturated heterocycles. The molecule has 2 aromatic carbocycles. The average Bonchev–Trinajstić information content (AvgIpc) is 3.09. The maximum atomic E-state index is 12.3. The van der Waals surface area contributed by atoms with E-state index < -0.39 is 11.9 Å². The van der Waals surface area contributed by atoms with E-state index >= 15 is 0 Å². The molecule has 0 atom stereocenters. The molecule has 0 spiro atoms. The van der Waals surface area contributed by atoms with Crippen LogP contribution in [0.1, 0.15) is 10.4 Å². The third-order valence-corrected chi connectivity index (χ3v) is 4.28. The smallest absolute Gasteiger partial charge is 0.345 e. The Balaban J connectivity index is 1.86. The van der Waals surface area contributed by atoms with Crippen molar-refractivity contribution in [1.82, 2.24) is 5.16 Å². The SMILES string of the molecule is COC(=O)c1c(-c2c(Cl)cccc2Cl)noc1NC(=O)COc1ccccc1. The molecule has 0 aliphatic heterocycles. The van der Waals surface area contributed by atoms with E-state index in [0.717, 1.165) is 0 Å². The lowest BCUT2D eigenvalue weighted by Crippen LogP contribution is -2.21. The molecular formula is C19H14Cl2N2O5. The largest absolute Gasteiger partial charge is 0.484 e. The number of anilines is 1. The number of para-hydroxylation sites is 1. The van der Waals surface area contributed by atoms with Crippen LogP contribution in [0.25, 0.3) is 11.3 Å². The highest BCUT2D eigenvalue weighted by atomic mass is 35.5. The molecule has 3 rings (SSSR count). The summed E-state index contributed by atoms with van der Waals surface area (Å²) in [6.07, 6.45) is 0. The number of nitrogens with zero attached hydrogens (tertiary/aromatic N) is 1. The van der Waals surface area contributed by atoms with Crippen molar-refractivity contribution in [3.63, 3.8) is 0 Å². The van der Waals surface area contributed by atoms with Gasteiger partial charge in [0.2, 0.25) is 5.88 Å². The zero-order valence-corrected chi connectivity index (χ0v) is 16.1. The van der Waals surface area contributed by atoms with Gasteiger partial charge in [0.05, 0.1) is 17.2 Å². The van der Waals surface area contributed by atoms with Crippen LogP contribution in [-0.2, 0) is 9.53 Å². The van der Waals surface area contributed by atoms with Crippen LogP contribution in [-0.4, -0.2) is 30.7 Å². The first-order valence-electron chi connectivity index (χ1n) is 8.01. The molecule has 1 heterocycles. The van der Waals surface area contributed by atoms with Gasteiger partial charge in [-0.1, -0.05) is 52.6 Å². The van der Waals surface area contributed by atoms with Gasteiger partial charge in [-0.05, 0) is 24.3 Å². The van der Waals surface area contributed by atoms with Gasteiger partial charge < -0.3 is 14.0 Å². The minimum absolute atomic E-state index is 0.0572. The Bertz CT molecular complexity index is 985. The number of esters is 1. The molecule has 0 radical (unpaired) electrons. The fraction of sp³-hybridized carbons (Fsp3) is 0.105. The minimum Gasteiger partial charge on any atom is -0.484 e. The van der Waals surface area contributed by atoms with Crippen LogP contribution in [0.5, 0.6) is 5.75 Å². The van der Waals surface area contributed by atoms with Gasteiger partial charge in [-0.25, -0.2) is 4.79 Å². The fourth-order valence-electron chi connectivity index (χ4n) is 2.39. The van der Waals surface area contributed by atoms with Crippen LogP contribution in [0.3, 0.4) is 0 Å². The van der Waals surface area contributed by atoms with Crippen molar-refractivity contribution in [2.75, 3.05) is 19.0 Å². The number of ether oxygens (including phenoxy) is 2. The number of carbonyl (C=O) groups is 2. The summed E-state index contributed by atoms with van der Waals surface area (Å²) in [6.45, 7) is -0.298. The number of carbonyl (C=O) groups excluding carboxylic acids is 2. The third-order valence-electron chi connectivity index (χ3n) is 3.65. The van der Waals surface area contributed by atoms with E-state index in [1.165, 1.54) is 7.11 Å². The van der Waals surface area contributed by atoms with Gasteiger partial charge in [-0.2, -0.15) is 0 Å². The first-order valence-corrected chi connectivity index (χ1v) is 8.77. The van der Waals surface area contributed by atoms with E-state index in [9.17, 15) is 9.59 Å². The van der Waals surface area contributed by atoms with Crippen molar-refractivity contribution in [2.45, 2.75) is 0 Å². The maximum Gasteiger partial charge on any atom is 0.345 e. The highest BCUT2D eigenvalue weighted by Crippen LogP contribution is 2.38. The van der Waals surface area contributed by atoms with Gasteiger partial charge in [0.1, 0.15) is 11.4 Å². The van der Waals surface area contributed by atoms with E-state index in [0.29, 0.717) is 5.75 Å². The van der Waals surface area contributed by atoms with Crippen molar-refractivity contribution >= 4 is 41.0 Å². The number of methoxy groups -OCH3 is 1. The molecule has 144 valence electrons. The van der Waals surface area contributed by atoms with Crippen molar-refractivity contribution in [3.8, 4) is 17.0 Å². The van der Waals surface area contributed by atoms with Crippen LogP contribution in [0.2, 0.25) is 10.0 Å². The number of hydrogen-bond donors (Lipinski definition) is 1. The van der Waals surface area contributed by atoms with Crippen molar-refractivity contribution < 1.29 is 23.6 Å². The number of aromatic nitrogens is 1. The normalized spacial score (nSPS) is 10.4. The first-order chi connectivity index (χ1) is 13.5. The molecule has 7 nitrogen and oxygen atoms in total. The second kappa shape index (κ2) is 8.77. The average molecular weight is 421 g/mol.